The van der Waals surface area contributed by atoms with Gasteiger partial charge in [0.25, 0.3) is 0 Å². The number of nitrogens with zero attached hydrogens (tertiary/aromatic N) is 4. The van der Waals surface area contributed by atoms with Gasteiger partial charge >= 0.3 is 5.97 Å². The molecule has 8 heteroatoms. The molecule has 150 valence electrons. The lowest BCUT2D eigenvalue weighted by atomic mass is 10.0. The van der Waals surface area contributed by atoms with E-state index in [2.05, 4.69) is 10.1 Å². The van der Waals surface area contributed by atoms with Gasteiger partial charge in [0.15, 0.2) is 18.2 Å². The highest BCUT2D eigenvalue weighted by Gasteiger charge is 2.20. The molecule has 0 aliphatic carbocycles. The van der Waals surface area contributed by atoms with Crippen molar-refractivity contribution in [2.75, 3.05) is 14.1 Å². The highest BCUT2D eigenvalue weighted by atomic mass is 35.5. The number of ketones is 1. The first-order valence-corrected chi connectivity index (χ1v) is 9.35. The lowest BCUT2D eigenvalue weighted by molar-refractivity contribution is -0.142. The molecule has 3 rings (SSSR count). The van der Waals surface area contributed by atoms with Crippen LogP contribution in [0.1, 0.15) is 34.5 Å². The van der Waals surface area contributed by atoms with Crippen molar-refractivity contribution in [3.63, 3.8) is 0 Å². The van der Waals surface area contributed by atoms with Crippen molar-refractivity contribution in [3.05, 3.63) is 76.3 Å². The second kappa shape index (κ2) is 8.98. The van der Waals surface area contributed by atoms with Gasteiger partial charge in [0, 0.05) is 23.1 Å². The molecule has 7 nitrogen and oxygen atoms in total. The number of halogens is 1. The monoisotopic (exact) mass is 412 g/mol. The van der Waals surface area contributed by atoms with Crippen LogP contribution in [0.15, 0.2) is 48.5 Å². The molecule has 2 aromatic carbocycles. The van der Waals surface area contributed by atoms with Crippen LogP contribution in [0.3, 0.4) is 0 Å². The van der Waals surface area contributed by atoms with E-state index in [1.54, 1.807) is 35.0 Å². The van der Waals surface area contributed by atoms with E-state index in [0.717, 1.165) is 0 Å². The summed E-state index contributed by atoms with van der Waals surface area (Å²) in [4.78, 5) is 30.7. The van der Waals surface area contributed by atoms with Crippen molar-refractivity contribution in [1.82, 2.24) is 19.7 Å². The van der Waals surface area contributed by atoms with E-state index >= 15 is 0 Å². The molecular formula is C21H21ClN4O3. The van der Waals surface area contributed by atoms with Gasteiger partial charge in [-0.2, -0.15) is 0 Å². The molecule has 0 saturated heterocycles. The summed E-state index contributed by atoms with van der Waals surface area (Å²) in [6, 6.07) is 14.0. The van der Waals surface area contributed by atoms with Crippen LogP contribution in [0.25, 0.3) is 5.69 Å². The second-order valence-corrected chi connectivity index (χ2v) is 7.17. The van der Waals surface area contributed by atoms with Gasteiger partial charge in [-0.25, -0.2) is 9.67 Å². The van der Waals surface area contributed by atoms with Crippen LogP contribution < -0.4 is 0 Å². The maximum atomic E-state index is 13.1. The summed E-state index contributed by atoms with van der Waals surface area (Å²) in [5.74, 6) is 0.379. The molecule has 0 fully saturated rings. The summed E-state index contributed by atoms with van der Waals surface area (Å²) in [5.41, 5.74) is 1.51. The summed E-state index contributed by atoms with van der Waals surface area (Å²) >= 11 is 6.19. The lowest BCUT2D eigenvalue weighted by Crippen LogP contribution is -2.17. The normalized spacial score (nSPS) is 10.9. The number of hydrogen-bond donors (Lipinski definition) is 0. The number of hydrogen-bond acceptors (Lipinski definition) is 6. The standard InChI is InChI=1S/C21H21ClN4O3/c1-14(27)29-13-19-23-20(12-25(2)3)26(24-19)18-10-9-16(22)11-17(18)21(28)15-7-5-4-6-8-15/h4-11H,12-13H2,1-3H3. The van der Waals surface area contributed by atoms with Crippen molar-refractivity contribution < 1.29 is 14.3 Å². The van der Waals surface area contributed by atoms with Crippen molar-refractivity contribution in [2.45, 2.75) is 20.1 Å². The Kier molecular flexibility index (Phi) is 6.41. The number of carbonyl (C=O) groups excluding carboxylic acids is 2. The van der Waals surface area contributed by atoms with E-state index in [0.29, 0.717) is 40.0 Å². The van der Waals surface area contributed by atoms with E-state index in [1.807, 2.05) is 37.2 Å². The first-order valence-electron chi connectivity index (χ1n) is 8.97. The Morgan fingerprint density at radius 2 is 1.86 bits per heavy atom. The number of ether oxygens (including phenoxy) is 1. The first-order chi connectivity index (χ1) is 13.8. The fourth-order valence-corrected chi connectivity index (χ4v) is 2.99. The van der Waals surface area contributed by atoms with Crippen LogP contribution in [0.5, 0.6) is 0 Å². The van der Waals surface area contributed by atoms with E-state index in [4.69, 9.17) is 16.3 Å². The minimum atomic E-state index is -0.415. The topological polar surface area (TPSA) is 77.3 Å². The van der Waals surface area contributed by atoms with Crippen LogP contribution in [0.2, 0.25) is 5.02 Å². The van der Waals surface area contributed by atoms with Crippen LogP contribution in [0.4, 0.5) is 0 Å². The highest BCUT2D eigenvalue weighted by Crippen LogP contribution is 2.24. The van der Waals surface area contributed by atoms with Gasteiger partial charge in [-0.15, -0.1) is 5.10 Å². The minimum Gasteiger partial charge on any atom is -0.458 e. The largest absolute Gasteiger partial charge is 0.458 e. The molecule has 0 radical (unpaired) electrons. The third kappa shape index (κ3) is 5.07. The van der Waals surface area contributed by atoms with Crippen LogP contribution in [-0.4, -0.2) is 45.5 Å². The molecule has 0 unspecified atom stereocenters. The second-order valence-electron chi connectivity index (χ2n) is 6.73. The van der Waals surface area contributed by atoms with Gasteiger partial charge in [0.2, 0.25) is 0 Å². The molecule has 0 saturated carbocycles. The maximum Gasteiger partial charge on any atom is 0.303 e. The lowest BCUT2D eigenvalue weighted by Gasteiger charge is -2.14. The fourth-order valence-electron chi connectivity index (χ4n) is 2.82. The number of rotatable bonds is 7. The summed E-state index contributed by atoms with van der Waals surface area (Å²) in [6.45, 7) is 1.76. The van der Waals surface area contributed by atoms with Gasteiger partial charge in [-0.3, -0.25) is 9.59 Å². The zero-order chi connectivity index (χ0) is 21.0. The summed E-state index contributed by atoms with van der Waals surface area (Å²) in [6.07, 6.45) is 0. The highest BCUT2D eigenvalue weighted by molar-refractivity contribution is 6.31. The smallest absolute Gasteiger partial charge is 0.303 e. The average Bonchev–Trinajstić information content (AvgIpc) is 3.08. The van der Waals surface area contributed by atoms with E-state index in [9.17, 15) is 9.59 Å². The molecule has 0 bridgehead atoms. The quantitative estimate of drug-likeness (QED) is 0.438. The molecule has 1 aromatic heterocycles. The van der Waals surface area contributed by atoms with E-state index in [-0.39, 0.29) is 12.4 Å². The zero-order valence-corrected chi connectivity index (χ0v) is 17.2. The molecular weight excluding hydrogens is 392 g/mol. The summed E-state index contributed by atoms with van der Waals surface area (Å²) < 4.78 is 6.63. The Morgan fingerprint density at radius 3 is 2.52 bits per heavy atom. The summed E-state index contributed by atoms with van der Waals surface area (Å²) in [7, 11) is 3.81. The fraction of sp³-hybridized carbons (Fsp3) is 0.238. The SMILES string of the molecule is CC(=O)OCc1nc(CN(C)C)n(-c2ccc(Cl)cc2C(=O)c2ccccc2)n1. The third-order valence-electron chi connectivity index (χ3n) is 4.05. The van der Waals surface area contributed by atoms with Gasteiger partial charge in [-0.1, -0.05) is 41.9 Å². The van der Waals surface area contributed by atoms with E-state index in [1.165, 1.54) is 6.92 Å². The summed E-state index contributed by atoms with van der Waals surface area (Å²) in [5, 5.41) is 4.92. The molecule has 0 atom stereocenters. The van der Waals surface area contributed by atoms with Crippen LogP contribution in [-0.2, 0) is 22.7 Å². The predicted octanol–water partition coefficient (Wildman–Crippen LogP) is 3.28. The predicted molar refractivity (Wildman–Crippen MR) is 109 cm³/mol. The maximum absolute atomic E-state index is 13.1. The molecule has 0 spiro atoms. The van der Waals surface area contributed by atoms with Crippen molar-refractivity contribution in [2.24, 2.45) is 0 Å². The van der Waals surface area contributed by atoms with E-state index < -0.39 is 5.97 Å². The Hall–Kier alpha value is -3.03. The Labute approximate surface area is 173 Å². The van der Waals surface area contributed by atoms with Gasteiger partial charge < -0.3 is 9.64 Å². The number of esters is 1. The number of benzene rings is 2. The molecule has 3 aromatic rings. The van der Waals surface area contributed by atoms with Crippen LogP contribution >= 0.6 is 11.6 Å². The Balaban J connectivity index is 2.09. The van der Waals surface area contributed by atoms with Crippen LogP contribution in [0, 0.1) is 0 Å². The van der Waals surface area contributed by atoms with Crippen molar-refractivity contribution in [1.29, 1.82) is 0 Å². The molecule has 29 heavy (non-hydrogen) atoms. The molecule has 0 aliphatic heterocycles. The van der Waals surface area contributed by atoms with Gasteiger partial charge in [0.1, 0.15) is 5.82 Å². The molecule has 0 amide bonds. The van der Waals surface area contributed by atoms with Crippen molar-refractivity contribution in [3.8, 4) is 5.69 Å². The van der Waals surface area contributed by atoms with Crippen molar-refractivity contribution >= 4 is 23.4 Å². The van der Waals surface area contributed by atoms with Gasteiger partial charge in [0.05, 0.1) is 12.2 Å². The average molecular weight is 413 g/mol. The van der Waals surface area contributed by atoms with Gasteiger partial charge in [-0.05, 0) is 32.3 Å². The molecule has 0 N–H and O–H groups in total. The number of aromatic nitrogens is 3. The number of carbonyl (C=O) groups is 2. The Morgan fingerprint density at radius 1 is 1.14 bits per heavy atom. The minimum absolute atomic E-state index is 0.0433. The first kappa shape index (κ1) is 20.7. The molecule has 0 aliphatic rings. The third-order valence-corrected chi connectivity index (χ3v) is 4.28. The Bertz CT molecular complexity index is 1030. The molecule has 1 heterocycles. The zero-order valence-electron chi connectivity index (χ0n) is 16.4.